The third kappa shape index (κ3) is 8.79. The maximum absolute atomic E-state index is 11.9. The molecular formula is C10H19F3IN3OS. The van der Waals surface area contributed by atoms with Gasteiger partial charge in [-0.3, -0.25) is 4.99 Å². The lowest BCUT2D eigenvalue weighted by molar-refractivity contribution is -0.105. The molecule has 0 aromatic heterocycles. The molecule has 0 spiro atoms. The lowest BCUT2D eigenvalue weighted by Crippen LogP contribution is -2.48. The van der Waals surface area contributed by atoms with Gasteiger partial charge in [0.15, 0.2) is 5.96 Å². The second-order valence-electron chi connectivity index (χ2n) is 4.04. The van der Waals surface area contributed by atoms with Crippen molar-refractivity contribution in [2.45, 2.75) is 19.2 Å². The molecule has 0 aromatic rings. The maximum Gasteiger partial charge on any atom is 0.397 e. The molecule has 0 aliphatic carbocycles. The molecule has 19 heavy (non-hydrogen) atoms. The van der Waals surface area contributed by atoms with E-state index in [0.717, 1.165) is 11.8 Å². The Kier molecular flexibility index (Phi) is 9.16. The first-order valence-corrected chi connectivity index (χ1v) is 6.85. The van der Waals surface area contributed by atoms with Gasteiger partial charge in [0.05, 0.1) is 25.0 Å². The van der Waals surface area contributed by atoms with E-state index in [0.29, 0.717) is 38.0 Å². The van der Waals surface area contributed by atoms with Gasteiger partial charge < -0.3 is 15.4 Å². The van der Waals surface area contributed by atoms with Crippen molar-refractivity contribution in [2.75, 3.05) is 37.7 Å². The molecule has 2 N–H and O–H groups in total. The molecular weight excluding hydrogens is 394 g/mol. The van der Waals surface area contributed by atoms with E-state index in [1.54, 1.807) is 0 Å². The minimum Gasteiger partial charge on any atom is -0.375 e. The number of nitrogens with two attached hydrogens (primary N) is 1. The number of rotatable bonds is 4. The molecule has 9 heteroatoms. The Morgan fingerprint density at radius 1 is 1.53 bits per heavy atom. The zero-order valence-corrected chi connectivity index (χ0v) is 13.8. The molecule has 0 amide bonds. The second kappa shape index (κ2) is 9.11. The van der Waals surface area contributed by atoms with Gasteiger partial charge in [-0.05, 0) is 6.92 Å². The normalized spacial score (nSPS) is 21.2. The first kappa shape index (κ1) is 19.1. The first-order valence-electron chi connectivity index (χ1n) is 5.69. The van der Waals surface area contributed by atoms with Gasteiger partial charge in [-0.25, -0.2) is 0 Å². The molecule has 0 radical (unpaired) electrons. The quantitative estimate of drug-likeness (QED) is 0.331. The van der Waals surface area contributed by atoms with Crippen LogP contribution in [0.5, 0.6) is 0 Å². The van der Waals surface area contributed by atoms with Gasteiger partial charge >= 0.3 is 6.18 Å². The van der Waals surface area contributed by atoms with E-state index in [1.165, 1.54) is 0 Å². The van der Waals surface area contributed by atoms with E-state index in [9.17, 15) is 13.2 Å². The number of guanidine groups is 1. The van der Waals surface area contributed by atoms with E-state index in [4.69, 9.17) is 10.5 Å². The van der Waals surface area contributed by atoms with Crippen LogP contribution in [0.3, 0.4) is 0 Å². The Hall–Kier alpha value is 0.1000. The predicted molar refractivity (Wildman–Crippen MR) is 82.3 cm³/mol. The Labute approximate surface area is 132 Å². The summed E-state index contributed by atoms with van der Waals surface area (Å²) in [4.78, 5) is 5.97. The Bertz CT molecular complexity index is 292. The van der Waals surface area contributed by atoms with Gasteiger partial charge in [0.2, 0.25) is 0 Å². The lowest BCUT2D eigenvalue weighted by Gasteiger charge is -2.31. The van der Waals surface area contributed by atoms with Crippen LogP contribution >= 0.6 is 35.7 Å². The minimum absolute atomic E-state index is 0. The molecule has 0 aromatic carbocycles. The van der Waals surface area contributed by atoms with Crippen LogP contribution in [0, 0.1) is 0 Å². The van der Waals surface area contributed by atoms with Crippen molar-refractivity contribution >= 4 is 41.7 Å². The highest BCUT2D eigenvalue weighted by Crippen LogP contribution is 2.20. The molecule has 1 fully saturated rings. The fraction of sp³-hybridized carbons (Fsp3) is 0.900. The van der Waals surface area contributed by atoms with E-state index in [-0.39, 0.29) is 30.1 Å². The average molecular weight is 413 g/mol. The Morgan fingerprint density at radius 3 is 2.79 bits per heavy atom. The fourth-order valence-electron chi connectivity index (χ4n) is 1.54. The minimum atomic E-state index is -4.11. The molecule has 1 aliphatic rings. The molecule has 114 valence electrons. The zero-order valence-electron chi connectivity index (χ0n) is 10.7. The van der Waals surface area contributed by atoms with Crippen molar-refractivity contribution < 1.29 is 17.9 Å². The molecule has 4 nitrogen and oxygen atoms in total. The number of ether oxygens (including phenoxy) is 1. The van der Waals surface area contributed by atoms with Crippen LogP contribution in [0.1, 0.15) is 6.92 Å². The van der Waals surface area contributed by atoms with Crippen LogP contribution < -0.4 is 5.73 Å². The lowest BCUT2D eigenvalue weighted by atomic mass is 10.3. The molecule has 0 saturated carbocycles. The standard InChI is InChI=1S/C10H18F3N3OS.HI/c1-8-6-16(3-4-17-8)9(14)15-2-5-18-7-10(11,12)13;/h8H,2-7H2,1H3,(H2,14,15);1H. The second-order valence-corrected chi connectivity index (χ2v) is 5.14. The summed E-state index contributed by atoms with van der Waals surface area (Å²) in [6.45, 7) is 4.19. The maximum atomic E-state index is 11.9. The van der Waals surface area contributed by atoms with Crippen LogP contribution in [0.15, 0.2) is 4.99 Å². The highest BCUT2D eigenvalue weighted by Gasteiger charge is 2.26. The summed E-state index contributed by atoms with van der Waals surface area (Å²) in [5.74, 6) is -0.130. The van der Waals surface area contributed by atoms with Gasteiger partial charge in [0, 0.05) is 18.8 Å². The highest BCUT2D eigenvalue weighted by atomic mass is 127. The molecule has 0 bridgehead atoms. The van der Waals surface area contributed by atoms with Crippen molar-refractivity contribution in [3.8, 4) is 0 Å². The molecule has 1 atom stereocenters. The molecule has 1 aliphatic heterocycles. The third-order valence-electron chi connectivity index (χ3n) is 2.34. The summed E-state index contributed by atoms with van der Waals surface area (Å²) in [5, 5.41) is 0. The van der Waals surface area contributed by atoms with Crippen molar-refractivity contribution in [2.24, 2.45) is 10.7 Å². The van der Waals surface area contributed by atoms with E-state index >= 15 is 0 Å². The number of aliphatic imine (C=N–C) groups is 1. The molecule has 1 saturated heterocycles. The van der Waals surface area contributed by atoms with Crippen molar-refractivity contribution in [3.63, 3.8) is 0 Å². The number of halogens is 4. The van der Waals surface area contributed by atoms with Gasteiger partial charge in [-0.1, -0.05) is 0 Å². The summed E-state index contributed by atoms with van der Waals surface area (Å²) < 4.78 is 41.0. The summed E-state index contributed by atoms with van der Waals surface area (Å²) in [6.07, 6.45) is -4.01. The Balaban J connectivity index is 0.00000324. The average Bonchev–Trinajstić information content (AvgIpc) is 2.26. The number of hydrogen-bond donors (Lipinski definition) is 1. The van der Waals surface area contributed by atoms with Crippen LogP contribution in [0.25, 0.3) is 0 Å². The van der Waals surface area contributed by atoms with E-state index in [1.807, 2.05) is 11.8 Å². The number of alkyl halides is 3. The SMILES string of the molecule is CC1CN(C(N)=NCCSCC(F)(F)F)CCO1.I. The molecule has 1 unspecified atom stereocenters. The van der Waals surface area contributed by atoms with Gasteiger partial charge in [0.25, 0.3) is 0 Å². The number of hydrogen-bond acceptors (Lipinski definition) is 3. The van der Waals surface area contributed by atoms with Gasteiger partial charge in [-0.2, -0.15) is 24.9 Å². The van der Waals surface area contributed by atoms with Crippen molar-refractivity contribution in [1.29, 1.82) is 0 Å². The van der Waals surface area contributed by atoms with E-state index < -0.39 is 11.9 Å². The smallest absolute Gasteiger partial charge is 0.375 e. The predicted octanol–water partition coefficient (Wildman–Crippen LogP) is 1.94. The van der Waals surface area contributed by atoms with Crippen molar-refractivity contribution in [1.82, 2.24) is 4.90 Å². The number of thioether (sulfide) groups is 1. The Morgan fingerprint density at radius 2 is 2.21 bits per heavy atom. The van der Waals surface area contributed by atoms with Crippen LogP contribution in [-0.2, 0) is 4.74 Å². The number of morpholine rings is 1. The highest BCUT2D eigenvalue weighted by molar-refractivity contribution is 14.0. The van der Waals surface area contributed by atoms with Crippen molar-refractivity contribution in [3.05, 3.63) is 0 Å². The zero-order chi connectivity index (χ0) is 13.6. The summed E-state index contributed by atoms with van der Waals surface area (Å²) in [6, 6.07) is 0. The summed E-state index contributed by atoms with van der Waals surface area (Å²) in [7, 11) is 0. The van der Waals surface area contributed by atoms with E-state index in [2.05, 4.69) is 4.99 Å². The van der Waals surface area contributed by atoms with Crippen LogP contribution in [0.4, 0.5) is 13.2 Å². The van der Waals surface area contributed by atoms with Crippen LogP contribution in [-0.4, -0.2) is 60.9 Å². The largest absolute Gasteiger partial charge is 0.397 e. The van der Waals surface area contributed by atoms with Gasteiger partial charge in [0.1, 0.15) is 0 Å². The molecule has 1 rings (SSSR count). The fourth-order valence-corrected chi connectivity index (χ4v) is 2.14. The topological polar surface area (TPSA) is 50.8 Å². The third-order valence-corrected chi connectivity index (χ3v) is 3.34. The van der Waals surface area contributed by atoms with Gasteiger partial charge in [-0.15, -0.1) is 24.0 Å². The summed E-state index contributed by atoms with van der Waals surface area (Å²) >= 11 is 0.819. The first-order chi connectivity index (χ1) is 8.38. The number of nitrogens with zero attached hydrogens (tertiary/aromatic N) is 2. The monoisotopic (exact) mass is 413 g/mol. The molecule has 1 heterocycles. The van der Waals surface area contributed by atoms with Crippen LogP contribution in [0.2, 0.25) is 0 Å². The summed E-state index contributed by atoms with van der Waals surface area (Å²) in [5.41, 5.74) is 5.77.